The van der Waals surface area contributed by atoms with Gasteiger partial charge in [-0.15, -0.1) is 0 Å². The second-order valence-electron chi connectivity index (χ2n) is 8.22. The molecule has 0 aliphatic carbocycles. The van der Waals surface area contributed by atoms with E-state index in [1.165, 1.54) is 0 Å². The van der Waals surface area contributed by atoms with Crippen molar-refractivity contribution in [3.8, 4) is 0 Å². The summed E-state index contributed by atoms with van der Waals surface area (Å²) in [6.45, 7) is 5.05. The van der Waals surface area contributed by atoms with E-state index in [4.69, 9.17) is 0 Å². The summed E-state index contributed by atoms with van der Waals surface area (Å²) >= 11 is 0. The highest BCUT2D eigenvalue weighted by molar-refractivity contribution is 5.99. The monoisotopic (exact) mass is 406 g/mol. The van der Waals surface area contributed by atoms with Crippen molar-refractivity contribution < 1.29 is 14.4 Å². The Labute approximate surface area is 176 Å². The number of nitrogens with zero attached hydrogens (tertiary/aromatic N) is 3. The second kappa shape index (κ2) is 7.89. The first-order chi connectivity index (χ1) is 14.4. The van der Waals surface area contributed by atoms with Gasteiger partial charge >= 0.3 is 0 Å². The Bertz CT molecular complexity index is 995. The van der Waals surface area contributed by atoms with Gasteiger partial charge < -0.3 is 15.1 Å². The topological polar surface area (TPSA) is 82.6 Å². The van der Waals surface area contributed by atoms with Crippen LogP contribution in [0.3, 0.4) is 0 Å². The first-order valence-electron chi connectivity index (χ1n) is 10.3. The van der Waals surface area contributed by atoms with Gasteiger partial charge in [-0.2, -0.15) is 0 Å². The Hall–Kier alpha value is -3.22. The van der Waals surface area contributed by atoms with Crippen LogP contribution in [0.15, 0.2) is 42.6 Å². The van der Waals surface area contributed by atoms with Crippen molar-refractivity contribution >= 4 is 23.5 Å². The molecule has 1 aromatic carbocycles. The number of aryl methyl sites for hydroxylation is 1. The maximum absolute atomic E-state index is 13.2. The third-order valence-corrected chi connectivity index (χ3v) is 6.21. The van der Waals surface area contributed by atoms with E-state index in [9.17, 15) is 14.4 Å². The van der Waals surface area contributed by atoms with Crippen molar-refractivity contribution in [2.45, 2.75) is 45.2 Å². The maximum atomic E-state index is 13.2. The minimum Gasteiger partial charge on any atom is -0.343 e. The quantitative estimate of drug-likeness (QED) is 0.846. The molecule has 2 aliphatic rings. The van der Waals surface area contributed by atoms with Crippen LogP contribution >= 0.6 is 0 Å². The lowest BCUT2D eigenvalue weighted by molar-refractivity contribution is -0.131. The van der Waals surface area contributed by atoms with E-state index >= 15 is 0 Å². The second-order valence-corrected chi connectivity index (χ2v) is 8.22. The third kappa shape index (κ3) is 3.79. The van der Waals surface area contributed by atoms with Crippen LogP contribution in [-0.2, 0) is 16.1 Å². The molecule has 0 saturated carbocycles. The molecule has 2 aromatic rings. The highest BCUT2D eigenvalue weighted by Crippen LogP contribution is 2.38. The van der Waals surface area contributed by atoms with E-state index in [-0.39, 0.29) is 24.1 Å². The Balaban J connectivity index is 1.58. The van der Waals surface area contributed by atoms with Gasteiger partial charge in [0.05, 0.1) is 12.0 Å². The van der Waals surface area contributed by atoms with Gasteiger partial charge in [-0.05, 0) is 49.1 Å². The fourth-order valence-corrected chi connectivity index (χ4v) is 4.51. The van der Waals surface area contributed by atoms with E-state index < -0.39 is 5.54 Å². The summed E-state index contributed by atoms with van der Waals surface area (Å²) in [5.74, 6) is 0.317. The fourth-order valence-electron chi connectivity index (χ4n) is 4.51. The van der Waals surface area contributed by atoms with Crippen molar-refractivity contribution in [1.29, 1.82) is 0 Å². The molecular weight excluding hydrogens is 380 g/mol. The molecule has 0 bridgehead atoms. The lowest BCUT2D eigenvalue weighted by atomic mass is 9.82. The first-order valence-corrected chi connectivity index (χ1v) is 10.3. The molecule has 1 fully saturated rings. The van der Waals surface area contributed by atoms with Gasteiger partial charge in [-0.1, -0.05) is 18.2 Å². The number of rotatable bonds is 4. The number of likely N-dealkylation sites (tertiary alicyclic amines) is 1. The van der Waals surface area contributed by atoms with Crippen LogP contribution in [0.1, 0.15) is 47.7 Å². The van der Waals surface area contributed by atoms with Gasteiger partial charge in [0.1, 0.15) is 5.82 Å². The molecule has 7 nitrogen and oxygen atoms in total. The number of amides is 3. The van der Waals surface area contributed by atoms with Crippen molar-refractivity contribution in [3.05, 3.63) is 59.3 Å². The zero-order valence-corrected chi connectivity index (χ0v) is 17.4. The predicted molar refractivity (Wildman–Crippen MR) is 113 cm³/mol. The van der Waals surface area contributed by atoms with Crippen LogP contribution in [0.5, 0.6) is 0 Å². The number of aromatic nitrogens is 1. The number of hydrogen-bond donors (Lipinski definition) is 1. The van der Waals surface area contributed by atoms with Crippen LogP contribution in [0, 0.1) is 6.92 Å². The van der Waals surface area contributed by atoms with E-state index in [0.29, 0.717) is 43.9 Å². The van der Waals surface area contributed by atoms with E-state index in [2.05, 4.69) is 10.3 Å². The average molecular weight is 406 g/mol. The number of fused-ring (bicyclic) bond motifs is 1. The standard InChI is InChI=1S/C23H26N4O3/c1-16-7-10-24-20(13-16)25-21(29)14-23(8-11-26(12-9-23)17(2)28)27-15-18-5-3-4-6-19(18)22(27)30/h3-7,10,13H,8-9,11-12,14-15H2,1-2H3,(H,24,25,29). The minimum atomic E-state index is -0.629. The molecule has 156 valence electrons. The highest BCUT2D eigenvalue weighted by atomic mass is 16.2. The molecule has 7 heteroatoms. The summed E-state index contributed by atoms with van der Waals surface area (Å²) in [7, 11) is 0. The van der Waals surface area contributed by atoms with Gasteiger partial charge in [-0.25, -0.2) is 4.98 Å². The summed E-state index contributed by atoms with van der Waals surface area (Å²) in [4.78, 5) is 45.8. The van der Waals surface area contributed by atoms with Gasteiger partial charge in [0.2, 0.25) is 11.8 Å². The summed E-state index contributed by atoms with van der Waals surface area (Å²) in [5, 5.41) is 2.88. The molecule has 3 heterocycles. The zero-order chi connectivity index (χ0) is 21.3. The number of pyridine rings is 1. The molecule has 1 saturated heterocycles. The number of carbonyl (C=O) groups excluding carboxylic acids is 3. The van der Waals surface area contributed by atoms with Crippen LogP contribution < -0.4 is 5.32 Å². The number of anilines is 1. The van der Waals surface area contributed by atoms with Gasteiger partial charge in [0, 0.05) is 38.3 Å². The van der Waals surface area contributed by atoms with Gasteiger partial charge in [-0.3, -0.25) is 14.4 Å². The third-order valence-electron chi connectivity index (χ3n) is 6.21. The molecular formula is C23H26N4O3. The van der Waals surface area contributed by atoms with Crippen molar-refractivity contribution in [3.63, 3.8) is 0 Å². The molecule has 4 rings (SSSR count). The summed E-state index contributed by atoms with van der Waals surface area (Å²) in [5.41, 5.74) is 2.06. The van der Waals surface area contributed by atoms with Crippen LogP contribution in [0.4, 0.5) is 5.82 Å². The Morgan fingerprint density at radius 3 is 2.57 bits per heavy atom. The number of nitrogens with one attached hydrogen (secondary N) is 1. The molecule has 0 unspecified atom stereocenters. The Morgan fingerprint density at radius 1 is 1.17 bits per heavy atom. The predicted octanol–water partition coefficient (Wildman–Crippen LogP) is 2.76. The van der Waals surface area contributed by atoms with E-state index in [1.807, 2.05) is 48.2 Å². The first kappa shape index (κ1) is 20.1. The fraction of sp³-hybridized carbons (Fsp3) is 0.391. The lowest BCUT2D eigenvalue weighted by Crippen LogP contribution is -2.57. The molecule has 2 aliphatic heterocycles. The molecule has 0 atom stereocenters. The van der Waals surface area contributed by atoms with Crippen LogP contribution in [-0.4, -0.2) is 51.1 Å². The Kier molecular flexibility index (Phi) is 5.28. The normalized spacial score (nSPS) is 17.6. The molecule has 0 radical (unpaired) electrons. The molecule has 3 amide bonds. The van der Waals surface area contributed by atoms with Crippen LogP contribution in [0.2, 0.25) is 0 Å². The maximum Gasteiger partial charge on any atom is 0.254 e. The average Bonchev–Trinajstić information content (AvgIpc) is 3.06. The summed E-state index contributed by atoms with van der Waals surface area (Å²) in [6.07, 6.45) is 2.97. The smallest absolute Gasteiger partial charge is 0.254 e. The largest absolute Gasteiger partial charge is 0.343 e. The van der Waals surface area contributed by atoms with Crippen molar-refractivity contribution in [2.75, 3.05) is 18.4 Å². The van der Waals surface area contributed by atoms with Crippen molar-refractivity contribution in [2.24, 2.45) is 0 Å². The molecule has 0 spiro atoms. The summed E-state index contributed by atoms with van der Waals surface area (Å²) < 4.78 is 0. The zero-order valence-electron chi connectivity index (χ0n) is 17.4. The molecule has 1 N–H and O–H groups in total. The van der Waals surface area contributed by atoms with E-state index in [0.717, 1.165) is 11.1 Å². The number of carbonyl (C=O) groups is 3. The van der Waals surface area contributed by atoms with Crippen molar-refractivity contribution in [1.82, 2.24) is 14.8 Å². The summed E-state index contributed by atoms with van der Waals surface area (Å²) in [6, 6.07) is 11.3. The van der Waals surface area contributed by atoms with Gasteiger partial charge in [0.25, 0.3) is 5.91 Å². The van der Waals surface area contributed by atoms with E-state index in [1.54, 1.807) is 18.0 Å². The minimum absolute atomic E-state index is 0.0213. The van der Waals surface area contributed by atoms with Gasteiger partial charge in [0.15, 0.2) is 0 Å². The SMILES string of the molecule is CC(=O)N1CCC(CC(=O)Nc2cc(C)ccn2)(N2Cc3ccccc3C2=O)CC1. The number of hydrogen-bond acceptors (Lipinski definition) is 4. The number of piperidine rings is 1. The highest BCUT2D eigenvalue weighted by Gasteiger charge is 2.47. The molecule has 30 heavy (non-hydrogen) atoms. The Morgan fingerprint density at radius 2 is 1.90 bits per heavy atom. The molecule has 1 aromatic heterocycles. The van der Waals surface area contributed by atoms with Crippen LogP contribution in [0.25, 0.3) is 0 Å². The number of benzene rings is 1. The lowest BCUT2D eigenvalue weighted by Gasteiger charge is -2.47.